The molecular weight excluding hydrogens is 389 g/mol. The van der Waals surface area contributed by atoms with E-state index in [9.17, 15) is 9.18 Å². The summed E-state index contributed by atoms with van der Waals surface area (Å²) in [6, 6.07) is 2.55. The number of likely N-dealkylation sites (tertiary alicyclic amines) is 1. The number of pyridine rings is 1. The predicted molar refractivity (Wildman–Crippen MR) is 122 cm³/mol. The van der Waals surface area contributed by atoms with Crippen LogP contribution >= 0.6 is 0 Å². The van der Waals surface area contributed by atoms with Crippen molar-refractivity contribution in [3.05, 3.63) is 33.9 Å². The van der Waals surface area contributed by atoms with E-state index in [1.54, 1.807) is 0 Å². The summed E-state index contributed by atoms with van der Waals surface area (Å²) in [7, 11) is 0. The first-order valence-corrected chi connectivity index (χ1v) is 12.8. The van der Waals surface area contributed by atoms with Crippen molar-refractivity contribution in [2.24, 2.45) is 11.8 Å². The average molecular weight is 426 g/mol. The van der Waals surface area contributed by atoms with Gasteiger partial charge >= 0.3 is 0 Å². The molecule has 0 aromatic carbocycles. The first kappa shape index (κ1) is 20.0. The van der Waals surface area contributed by atoms with Crippen molar-refractivity contribution < 1.29 is 4.39 Å². The summed E-state index contributed by atoms with van der Waals surface area (Å²) in [6.45, 7) is 3.26. The third-order valence-corrected chi connectivity index (χ3v) is 8.63. The molecule has 3 heterocycles. The Morgan fingerprint density at radius 3 is 2.52 bits per heavy atom. The molecule has 2 atom stereocenters. The smallest absolute Gasteiger partial charge is 0.275 e. The molecule has 6 rings (SSSR count). The highest BCUT2D eigenvalue weighted by Gasteiger charge is 2.38. The van der Waals surface area contributed by atoms with Crippen molar-refractivity contribution in [2.75, 3.05) is 13.1 Å². The maximum atomic E-state index is 13.6. The lowest BCUT2D eigenvalue weighted by molar-refractivity contribution is 0.0553. The fourth-order valence-electron chi connectivity index (χ4n) is 6.60. The standard InChI is InChI=1S/C26H36FN3O/c27-20-11-19(12-20)18-5-4-6-22(13-18)30-16-24(17-7-8-17)23-14-21(28-25(23)26(30)31)15-29-9-2-1-3-10-29/h14,16-20,22,28H,1-13,15H2. The van der Waals surface area contributed by atoms with Crippen LogP contribution in [0.5, 0.6) is 0 Å². The zero-order valence-electron chi connectivity index (χ0n) is 18.6. The second-order valence-electron chi connectivity index (χ2n) is 10.9. The van der Waals surface area contributed by atoms with Gasteiger partial charge in [-0.2, -0.15) is 0 Å². The lowest BCUT2D eigenvalue weighted by atomic mass is 9.68. The Balaban J connectivity index is 1.31. The van der Waals surface area contributed by atoms with E-state index in [0.29, 0.717) is 17.8 Å². The van der Waals surface area contributed by atoms with Gasteiger partial charge < -0.3 is 9.55 Å². The number of piperidine rings is 1. The topological polar surface area (TPSA) is 41.0 Å². The van der Waals surface area contributed by atoms with Crippen molar-refractivity contribution >= 4 is 10.9 Å². The number of fused-ring (bicyclic) bond motifs is 1. The molecule has 2 aromatic rings. The lowest BCUT2D eigenvalue weighted by Gasteiger charge is -2.41. The molecule has 0 bridgehead atoms. The summed E-state index contributed by atoms with van der Waals surface area (Å²) in [5.74, 6) is 1.75. The Kier molecular flexibility index (Phi) is 5.20. The molecule has 2 unspecified atom stereocenters. The Bertz CT molecular complexity index is 994. The predicted octanol–water partition coefficient (Wildman–Crippen LogP) is 5.67. The number of nitrogens with one attached hydrogen (secondary N) is 1. The van der Waals surface area contributed by atoms with Crippen LogP contribution in [-0.2, 0) is 6.54 Å². The quantitative estimate of drug-likeness (QED) is 0.670. The molecule has 4 nitrogen and oxygen atoms in total. The molecule has 1 N–H and O–H groups in total. The number of halogens is 1. The largest absolute Gasteiger partial charge is 0.353 e. The van der Waals surface area contributed by atoms with Gasteiger partial charge in [0.05, 0.1) is 0 Å². The Hall–Kier alpha value is -1.62. The van der Waals surface area contributed by atoms with Gasteiger partial charge in [-0.25, -0.2) is 4.39 Å². The molecule has 2 aromatic heterocycles. The second kappa shape index (κ2) is 8.06. The lowest BCUT2D eigenvalue weighted by Crippen LogP contribution is -2.36. The third-order valence-electron chi connectivity index (χ3n) is 8.63. The highest BCUT2D eigenvalue weighted by molar-refractivity contribution is 5.84. The van der Waals surface area contributed by atoms with E-state index in [-0.39, 0.29) is 11.6 Å². The van der Waals surface area contributed by atoms with Crippen LogP contribution in [0.15, 0.2) is 17.1 Å². The fraction of sp³-hybridized carbons (Fsp3) is 0.731. The van der Waals surface area contributed by atoms with Gasteiger partial charge in [-0.15, -0.1) is 0 Å². The fourth-order valence-corrected chi connectivity index (χ4v) is 6.60. The summed E-state index contributed by atoms with van der Waals surface area (Å²) in [4.78, 5) is 19.7. The maximum absolute atomic E-state index is 13.6. The monoisotopic (exact) mass is 425 g/mol. The summed E-state index contributed by atoms with van der Waals surface area (Å²) in [6.07, 6.45) is 14.0. The molecule has 5 heteroatoms. The molecule has 3 aliphatic carbocycles. The third kappa shape index (κ3) is 3.88. The zero-order chi connectivity index (χ0) is 20.9. The van der Waals surface area contributed by atoms with Crippen LogP contribution in [0.4, 0.5) is 4.39 Å². The van der Waals surface area contributed by atoms with Crippen molar-refractivity contribution in [3.8, 4) is 0 Å². The SMILES string of the molecule is O=c1c2[nH]c(CN3CCCCC3)cc2c(C2CC2)cn1C1CCCC(C2CC(F)C2)C1. The first-order valence-electron chi connectivity index (χ1n) is 12.8. The van der Waals surface area contributed by atoms with E-state index in [2.05, 4.69) is 26.7 Å². The molecule has 0 spiro atoms. The molecule has 3 saturated carbocycles. The number of aromatic nitrogens is 2. The molecular formula is C26H36FN3O. The highest BCUT2D eigenvalue weighted by atomic mass is 19.1. The summed E-state index contributed by atoms with van der Waals surface area (Å²) in [5, 5.41) is 1.17. The number of hydrogen-bond acceptors (Lipinski definition) is 2. The van der Waals surface area contributed by atoms with Crippen LogP contribution in [-0.4, -0.2) is 33.7 Å². The highest BCUT2D eigenvalue weighted by Crippen LogP contribution is 2.46. The van der Waals surface area contributed by atoms with Crippen LogP contribution < -0.4 is 5.56 Å². The zero-order valence-corrected chi connectivity index (χ0v) is 18.6. The van der Waals surface area contributed by atoms with Gasteiger partial charge in [0.2, 0.25) is 0 Å². The Morgan fingerprint density at radius 1 is 0.968 bits per heavy atom. The van der Waals surface area contributed by atoms with Crippen molar-refractivity contribution in [2.45, 2.75) is 95.3 Å². The van der Waals surface area contributed by atoms with E-state index in [1.807, 2.05) is 0 Å². The summed E-state index contributed by atoms with van der Waals surface area (Å²) in [5.41, 5.74) is 3.56. The molecule has 168 valence electrons. The number of alkyl halides is 1. The van der Waals surface area contributed by atoms with Gasteiger partial charge in [0.25, 0.3) is 5.56 Å². The van der Waals surface area contributed by atoms with E-state index in [1.165, 1.54) is 68.3 Å². The summed E-state index contributed by atoms with van der Waals surface area (Å²) >= 11 is 0. The van der Waals surface area contributed by atoms with Crippen LogP contribution in [0.3, 0.4) is 0 Å². The minimum atomic E-state index is -0.580. The van der Waals surface area contributed by atoms with E-state index < -0.39 is 6.17 Å². The Labute approximate surface area is 184 Å². The number of H-pyrrole nitrogens is 1. The number of nitrogens with zero attached hydrogens (tertiary/aromatic N) is 2. The van der Waals surface area contributed by atoms with Crippen LogP contribution in [0.1, 0.15) is 93.8 Å². The van der Waals surface area contributed by atoms with Crippen molar-refractivity contribution in [3.63, 3.8) is 0 Å². The first-order chi connectivity index (χ1) is 15.2. The maximum Gasteiger partial charge on any atom is 0.275 e. The average Bonchev–Trinajstić information content (AvgIpc) is 3.52. The van der Waals surface area contributed by atoms with E-state index in [4.69, 9.17) is 0 Å². The molecule has 1 saturated heterocycles. The van der Waals surface area contributed by atoms with Crippen molar-refractivity contribution in [1.82, 2.24) is 14.5 Å². The van der Waals surface area contributed by atoms with Gasteiger partial charge in [-0.3, -0.25) is 9.69 Å². The van der Waals surface area contributed by atoms with E-state index in [0.717, 1.165) is 44.2 Å². The van der Waals surface area contributed by atoms with E-state index >= 15 is 0 Å². The number of hydrogen-bond donors (Lipinski definition) is 1. The Morgan fingerprint density at radius 2 is 1.77 bits per heavy atom. The van der Waals surface area contributed by atoms with Gasteiger partial charge in [0.15, 0.2) is 0 Å². The molecule has 0 amide bonds. The second-order valence-corrected chi connectivity index (χ2v) is 10.9. The van der Waals surface area contributed by atoms with Gasteiger partial charge in [-0.1, -0.05) is 19.3 Å². The number of rotatable bonds is 5. The number of aromatic amines is 1. The molecule has 1 aliphatic heterocycles. The molecule has 31 heavy (non-hydrogen) atoms. The van der Waals surface area contributed by atoms with Crippen LogP contribution in [0.2, 0.25) is 0 Å². The van der Waals surface area contributed by atoms with Crippen molar-refractivity contribution in [1.29, 1.82) is 0 Å². The minimum absolute atomic E-state index is 0.159. The van der Waals surface area contributed by atoms with Crippen LogP contribution in [0.25, 0.3) is 10.9 Å². The van der Waals surface area contributed by atoms with Crippen LogP contribution in [0, 0.1) is 11.8 Å². The van der Waals surface area contributed by atoms with Gasteiger partial charge in [0, 0.05) is 29.9 Å². The van der Waals surface area contributed by atoms with Gasteiger partial charge in [-0.05, 0) is 93.8 Å². The molecule has 4 fully saturated rings. The summed E-state index contributed by atoms with van der Waals surface area (Å²) < 4.78 is 15.5. The minimum Gasteiger partial charge on any atom is -0.353 e. The normalized spacial score (nSPS) is 32.3. The molecule has 0 radical (unpaired) electrons. The molecule has 4 aliphatic rings. The van der Waals surface area contributed by atoms with Gasteiger partial charge in [0.1, 0.15) is 11.7 Å².